The minimum atomic E-state index is -0.296. The van der Waals surface area contributed by atoms with Gasteiger partial charge in [0.15, 0.2) is 4.34 Å². The number of hydrogen-bond acceptors (Lipinski definition) is 7. The normalized spacial score (nSPS) is 12.0. The van der Waals surface area contributed by atoms with Gasteiger partial charge in [0.05, 0.1) is 5.25 Å². The van der Waals surface area contributed by atoms with Crippen molar-refractivity contribution in [2.75, 3.05) is 17.2 Å². The van der Waals surface area contributed by atoms with Gasteiger partial charge in [-0.2, -0.15) is 0 Å². The third-order valence-electron chi connectivity index (χ3n) is 3.81. The molecule has 3 rings (SSSR count). The maximum Gasteiger partial charge on any atom is 0.237 e. The Kier molecular flexibility index (Phi) is 7.12. The number of carbonyl (C=O) groups excluding carboxylic acids is 1. The van der Waals surface area contributed by atoms with Crippen molar-refractivity contribution in [1.82, 2.24) is 10.2 Å². The van der Waals surface area contributed by atoms with Crippen LogP contribution in [0, 0.1) is 6.92 Å². The first kappa shape index (κ1) is 20.1. The van der Waals surface area contributed by atoms with Gasteiger partial charge in [-0.3, -0.25) is 4.79 Å². The molecule has 0 aliphatic carbocycles. The van der Waals surface area contributed by atoms with Crippen molar-refractivity contribution in [3.63, 3.8) is 0 Å². The summed E-state index contributed by atoms with van der Waals surface area (Å²) in [5.41, 5.74) is 1.59. The molecule has 3 aromatic rings. The number of nitrogens with zero attached hydrogens (tertiary/aromatic N) is 2. The number of benzene rings is 1. The second kappa shape index (κ2) is 9.54. The van der Waals surface area contributed by atoms with Gasteiger partial charge < -0.3 is 10.6 Å². The zero-order chi connectivity index (χ0) is 19.2. The van der Waals surface area contributed by atoms with Crippen LogP contribution in [-0.4, -0.2) is 27.9 Å². The Morgan fingerprint density at radius 2 is 2.15 bits per heavy atom. The van der Waals surface area contributed by atoms with Crippen molar-refractivity contribution in [1.29, 1.82) is 0 Å². The molecule has 0 fully saturated rings. The summed E-state index contributed by atoms with van der Waals surface area (Å²) in [4.78, 5) is 13.8. The summed E-state index contributed by atoms with van der Waals surface area (Å²) < 4.78 is 0.763. The van der Waals surface area contributed by atoms with E-state index in [1.165, 1.54) is 28.0 Å². The summed E-state index contributed by atoms with van der Waals surface area (Å²) in [5, 5.41) is 17.7. The summed E-state index contributed by atoms with van der Waals surface area (Å²) in [7, 11) is 0. The third-order valence-corrected chi connectivity index (χ3v) is 7.22. The molecule has 0 unspecified atom stereocenters. The molecule has 5 nitrogen and oxygen atoms in total. The summed E-state index contributed by atoms with van der Waals surface area (Å²) in [5.74, 6) is -0.0900. The number of nitrogens with one attached hydrogen (secondary N) is 2. The lowest BCUT2D eigenvalue weighted by atomic mass is 10.2. The van der Waals surface area contributed by atoms with Gasteiger partial charge in [0.2, 0.25) is 11.0 Å². The minimum absolute atomic E-state index is 0.0900. The summed E-state index contributed by atoms with van der Waals surface area (Å²) in [6, 6.07) is 9.64. The highest BCUT2D eigenvalue weighted by atomic mass is 35.5. The maximum atomic E-state index is 12.5. The molecule has 1 amide bonds. The lowest BCUT2D eigenvalue weighted by Gasteiger charge is -2.12. The number of hydrogen-bond donors (Lipinski definition) is 2. The van der Waals surface area contributed by atoms with Gasteiger partial charge >= 0.3 is 0 Å². The topological polar surface area (TPSA) is 66.9 Å². The standard InChI is InChI=1S/C18H19ClN4OS3/c1-11-14(19)6-3-7-15(11)21-16(24)12(2)26-18-23-22-17(27-18)20-9-8-13-5-4-10-25-13/h3-7,10,12H,8-9H2,1-2H3,(H,20,22)(H,21,24)/t12-/m0/s1. The molecule has 0 bridgehead atoms. The number of anilines is 2. The molecular weight excluding hydrogens is 420 g/mol. The van der Waals surface area contributed by atoms with Crippen molar-refractivity contribution >= 4 is 62.8 Å². The Balaban J connectivity index is 1.50. The molecule has 2 heterocycles. The van der Waals surface area contributed by atoms with Crippen LogP contribution in [0.2, 0.25) is 5.02 Å². The van der Waals surface area contributed by atoms with Gasteiger partial charge in [-0.15, -0.1) is 21.5 Å². The van der Waals surface area contributed by atoms with E-state index >= 15 is 0 Å². The largest absolute Gasteiger partial charge is 0.360 e. The van der Waals surface area contributed by atoms with E-state index in [0.29, 0.717) is 5.02 Å². The van der Waals surface area contributed by atoms with E-state index in [2.05, 4.69) is 38.3 Å². The molecule has 1 aromatic carbocycles. The van der Waals surface area contributed by atoms with Crippen LogP contribution in [0.15, 0.2) is 40.1 Å². The highest BCUT2D eigenvalue weighted by Crippen LogP contribution is 2.30. The first-order chi connectivity index (χ1) is 13.0. The van der Waals surface area contributed by atoms with E-state index in [0.717, 1.165) is 33.7 Å². The summed E-state index contributed by atoms with van der Waals surface area (Å²) >= 11 is 10.7. The Hall–Kier alpha value is -1.61. The molecule has 27 heavy (non-hydrogen) atoms. The van der Waals surface area contributed by atoms with E-state index in [1.807, 2.05) is 26.0 Å². The maximum absolute atomic E-state index is 12.5. The Morgan fingerprint density at radius 3 is 2.93 bits per heavy atom. The van der Waals surface area contributed by atoms with Crippen molar-refractivity contribution in [3.8, 4) is 0 Å². The van der Waals surface area contributed by atoms with Gasteiger partial charge in [0.25, 0.3) is 0 Å². The number of halogens is 1. The Bertz CT molecular complexity index is 898. The fourth-order valence-corrected chi connectivity index (χ4v) is 5.06. The molecule has 9 heteroatoms. The molecule has 142 valence electrons. The number of thioether (sulfide) groups is 1. The van der Waals surface area contributed by atoms with Crippen molar-refractivity contribution in [2.45, 2.75) is 29.9 Å². The predicted molar refractivity (Wildman–Crippen MR) is 117 cm³/mol. The smallest absolute Gasteiger partial charge is 0.237 e. The lowest BCUT2D eigenvalue weighted by Crippen LogP contribution is -2.22. The molecule has 0 saturated carbocycles. The molecule has 1 atom stereocenters. The van der Waals surface area contributed by atoms with Crippen LogP contribution >= 0.6 is 46.0 Å². The fraction of sp³-hybridized carbons (Fsp3) is 0.278. The molecule has 0 aliphatic rings. The lowest BCUT2D eigenvalue weighted by molar-refractivity contribution is -0.115. The minimum Gasteiger partial charge on any atom is -0.360 e. The SMILES string of the molecule is Cc1c(Cl)cccc1NC(=O)[C@H](C)Sc1nnc(NCCc2cccs2)s1. The van der Waals surface area contributed by atoms with Crippen LogP contribution in [-0.2, 0) is 11.2 Å². The van der Waals surface area contributed by atoms with E-state index in [9.17, 15) is 4.79 Å². The third kappa shape index (κ3) is 5.68. The quantitative estimate of drug-likeness (QED) is 0.465. The molecule has 0 spiro atoms. The van der Waals surface area contributed by atoms with Crippen LogP contribution in [0.25, 0.3) is 0 Å². The van der Waals surface area contributed by atoms with Gasteiger partial charge in [0, 0.05) is 22.1 Å². The van der Waals surface area contributed by atoms with Crippen LogP contribution in [0.1, 0.15) is 17.4 Å². The second-order valence-electron chi connectivity index (χ2n) is 5.79. The van der Waals surface area contributed by atoms with Crippen molar-refractivity contribution in [3.05, 3.63) is 51.2 Å². The van der Waals surface area contributed by atoms with Crippen molar-refractivity contribution < 1.29 is 4.79 Å². The number of aromatic nitrogens is 2. The summed E-state index contributed by atoms with van der Waals surface area (Å²) in [6.07, 6.45) is 0.956. The van der Waals surface area contributed by atoms with E-state index < -0.39 is 0 Å². The van der Waals surface area contributed by atoms with Crippen LogP contribution in [0.3, 0.4) is 0 Å². The molecule has 2 N–H and O–H groups in total. The number of rotatable bonds is 8. The number of carbonyl (C=O) groups is 1. The highest BCUT2D eigenvalue weighted by molar-refractivity contribution is 8.02. The molecule has 0 saturated heterocycles. The van der Waals surface area contributed by atoms with E-state index in [-0.39, 0.29) is 11.2 Å². The van der Waals surface area contributed by atoms with Crippen molar-refractivity contribution in [2.24, 2.45) is 0 Å². The first-order valence-electron chi connectivity index (χ1n) is 8.35. The summed E-state index contributed by atoms with van der Waals surface area (Å²) in [6.45, 7) is 4.55. The average Bonchev–Trinajstić information content (AvgIpc) is 3.31. The second-order valence-corrected chi connectivity index (χ2v) is 9.80. The highest BCUT2D eigenvalue weighted by Gasteiger charge is 2.18. The van der Waals surface area contributed by atoms with E-state index in [4.69, 9.17) is 11.6 Å². The Labute approximate surface area is 175 Å². The monoisotopic (exact) mass is 438 g/mol. The average molecular weight is 439 g/mol. The zero-order valence-electron chi connectivity index (χ0n) is 14.9. The van der Waals surface area contributed by atoms with Gasteiger partial charge in [-0.05, 0) is 49.4 Å². The van der Waals surface area contributed by atoms with Crippen LogP contribution in [0.5, 0.6) is 0 Å². The molecule has 0 aliphatic heterocycles. The fourth-order valence-electron chi connectivity index (χ4n) is 2.26. The zero-order valence-corrected chi connectivity index (χ0v) is 18.1. The first-order valence-corrected chi connectivity index (χ1v) is 11.3. The van der Waals surface area contributed by atoms with Gasteiger partial charge in [0.1, 0.15) is 0 Å². The van der Waals surface area contributed by atoms with Crippen LogP contribution < -0.4 is 10.6 Å². The van der Waals surface area contributed by atoms with Gasteiger partial charge in [-0.25, -0.2) is 0 Å². The molecule has 0 radical (unpaired) electrons. The predicted octanol–water partition coefficient (Wildman–Crippen LogP) is 5.34. The molecular formula is C18H19ClN4OS3. The van der Waals surface area contributed by atoms with E-state index in [1.54, 1.807) is 17.4 Å². The molecule has 2 aromatic heterocycles. The number of thiophene rings is 1. The Morgan fingerprint density at radius 1 is 1.30 bits per heavy atom. The van der Waals surface area contributed by atoms with Gasteiger partial charge in [-0.1, -0.05) is 46.8 Å². The van der Waals surface area contributed by atoms with Crippen LogP contribution in [0.4, 0.5) is 10.8 Å². The number of amides is 1.